The Bertz CT molecular complexity index is 407. The number of rotatable bonds is 3. The van der Waals surface area contributed by atoms with Gasteiger partial charge in [-0.1, -0.05) is 6.42 Å². The van der Waals surface area contributed by atoms with Crippen LogP contribution in [0.1, 0.15) is 38.5 Å². The molecule has 3 aliphatic rings. The van der Waals surface area contributed by atoms with Crippen LogP contribution < -0.4 is 10.6 Å². The number of fused-ring (bicyclic) bond motifs is 2. The zero-order valence-electron chi connectivity index (χ0n) is 12.7. The van der Waals surface area contributed by atoms with Crippen LogP contribution in [-0.2, 0) is 0 Å². The van der Waals surface area contributed by atoms with Crippen LogP contribution in [-0.4, -0.2) is 47.9 Å². The molecule has 0 radical (unpaired) electrons. The molecule has 2 N–H and O–H groups in total. The van der Waals surface area contributed by atoms with Gasteiger partial charge in [0.1, 0.15) is 0 Å². The van der Waals surface area contributed by atoms with Crippen molar-refractivity contribution in [2.45, 2.75) is 56.8 Å². The molecule has 3 nitrogen and oxygen atoms in total. The number of hydrogen-bond acceptors (Lipinski definition) is 2. The van der Waals surface area contributed by atoms with Gasteiger partial charge in [0.25, 0.3) is 0 Å². The van der Waals surface area contributed by atoms with Crippen molar-refractivity contribution in [1.29, 1.82) is 0 Å². The van der Waals surface area contributed by atoms with E-state index in [2.05, 4.69) is 10.6 Å². The molecule has 0 amide bonds. The van der Waals surface area contributed by atoms with Crippen LogP contribution in [0.3, 0.4) is 0 Å². The van der Waals surface area contributed by atoms with Gasteiger partial charge in [0.2, 0.25) is 0 Å². The number of nitrogens with one attached hydrogen (secondary N) is 2. The van der Waals surface area contributed by atoms with E-state index in [1.807, 2.05) is 0 Å². The fourth-order valence-electron chi connectivity index (χ4n) is 4.31. The first kappa shape index (κ1) is 16.3. The van der Waals surface area contributed by atoms with Crippen LogP contribution in [0.5, 0.6) is 0 Å². The van der Waals surface area contributed by atoms with Crippen molar-refractivity contribution < 1.29 is 13.2 Å². The lowest BCUT2D eigenvalue weighted by atomic mass is 9.95. The molecule has 1 saturated heterocycles. The van der Waals surface area contributed by atoms with Gasteiger partial charge in [-0.05, 0) is 56.2 Å². The Morgan fingerprint density at radius 1 is 1.05 bits per heavy atom. The van der Waals surface area contributed by atoms with E-state index in [9.17, 15) is 13.2 Å². The largest absolute Gasteiger partial charge is 0.401 e. The summed E-state index contributed by atoms with van der Waals surface area (Å²) in [4.78, 5) is 1.48. The van der Waals surface area contributed by atoms with Gasteiger partial charge in [-0.2, -0.15) is 13.2 Å². The molecule has 1 aliphatic heterocycles. The fraction of sp³-hybridized carbons (Fsp3) is 0.933. The lowest BCUT2D eigenvalue weighted by Crippen LogP contribution is -2.51. The Morgan fingerprint density at radius 2 is 1.77 bits per heavy atom. The minimum atomic E-state index is -4.10. The quantitative estimate of drug-likeness (QED) is 0.776. The number of nitrogens with zero attached hydrogens (tertiary/aromatic N) is 1. The summed E-state index contributed by atoms with van der Waals surface area (Å²) in [5, 5.41) is 7.42. The average molecular weight is 335 g/mol. The van der Waals surface area contributed by atoms with E-state index in [1.54, 1.807) is 0 Å². The van der Waals surface area contributed by atoms with Crippen LogP contribution in [0.4, 0.5) is 13.2 Å². The number of likely N-dealkylation sites (tertiary alicyclic amines) is 1. The van der Waals surface area contributed by atoms with Crippen molar-refractivity contribution in [2.24, 2.45) is 11.8 Å². The number of alkyl halides is 3. The number of hydrogen-bond donors (Lipinski definition) is 2. The average Bonchev–Trinajstić information content (AvgIpc) is 3.01. The zero-order valence-corrected chi connectivity index (χ0v) is 13.5. The molecule has 22 heavy (non-hydrogen) atoms. The van der Waals surface area contributed by atoms with Gasteiger partial charge in [0, 0.05) is 25.2 Å². The molecule has 0 aromatic heterocycles. The molecule has 3 fully saturated rings. The number of piperidine rings is 1. The van der Waals surface area contributed by atoms with Crippen molar-refractivity contribution in [3.8, 4) is 0 Å². The van der Waals surface area contributed by atoms with E-state index in [4.69, 9.17) is 12.2 Å². The van der Waals surface area contributed by atoms with Gasteiger partial charge in [-0.3, -0.25) is 4.90 Å². The number of thiocarbonyl (C=S) groups is 1. The van der Waals surface area contributed by atoms with Crippen LogP contribution in [0.25, 0.3) is 0 Å². The van der Waals surface area contributed by atoms with Gasteiger partial charge < -0.3 is 10.6 Å². The molecular formula is C15H24F3N3S. The van der Waals surface area contributed by atoms with Gasteiger partial charge in [-0.15, -0.1) is 0 Å². The Balaban J connectivity index is 1.36. The second kappa shape index (κ2) is 6.51. The topological polar surface area (TPSA) is 27.3 Å². The maximum Gasteiger partial charge on any atom is 0.401 e. The molecule has 0 aromatic carbocycles. The first-order chi connectivity index (χ1) is 10.4. The predicted octanol–water partition coefficient (Wildman–Crippen LogP) is 2.67. The minimum Gasteiger partial charge on any atom is -0.360 e. The van der Waals surface area contributed by atoms with Gasteiger partial charge in [0.15, 0.2) is 5.11 Å². The second-order valence-electron chi connectivity index (χ2n) is 7.06. The zero-order chi connectivity index (χ0) is 15.7. The standard InChI is InChI=1S/C15H24F3N3S/c16-15(17,18)9-21-5-3-12(4-6-21)19-14(22)20-13-8-10-1-2-11(13)7-10/h10-13H,1-9H2,(H2,19,20,22). The highest BCUT2D eigenvalue weighted by molar-refractivity contribution is 7.80. The highest BCUT2D eigenvalue weighted by atomic mass is 32.1. The molecule has 2 bridgehead atoms. The lowest BCUT2D eigenvalue weighted by molar-refractivity contribution is -0.148. The molecule has 126 valence electrons. The Hall–Kier alpha value is -0.560. The first-order valence-corrected chi connectivity index (χ1v) is 8.66. The maximum absolute atomic E-state index is 12.4. The normalized spacial score (nSPS) is 33.1. The summed E-state index contributed by atoms with van der Waals surface area (Å²) in [7, 11) is 0. The van der Waals surface area contributed by atoms with E-state index in [0.717, 1.165) is 11.8 Å². The van der Waals surface area contributed by atoms with Crippen molar-refractivity contribution in [3.63, 3.8) is 0 Å². The molecule has 1 heterocycles. The molecule has 3 atom stereocenters. The van der Waals surface area contributed by atoms with Crippen LogP contribution >= 0.6 is 12.2 Å². The third-order valence-corrected chi connectivity index (χ3v) is 5.62. The van der Waals surface area contributed by atoms with Crippen molar-refractivity contribution >= 4 is 17.3 Å². The highest BCUT2D eigenvalue weighted by Gasteiger charge is 2.40. The molecule has 2 saturated carbocycles. The molecule has 0 aromatic rings. The fourth-order valence-corrected chi connectivity index (χ4v) is 4.62. The van der Waals surface area contributed by atoms with Crippen LogP contribution in [0.2, 0.25) is 0 Å². The highest BCUT2D eigenvalue weighted by Crippen LogP contribution is 2.44. The summed E-state index contributed by atoms with van der Waals surface area (Å²) in [5.41, 5.74) is 0. The van der Waals surface area contributed by atoms with Crippen molar-refractivity contribution in [3.05, 3.63) is 0 Å². The summed E-state index contributed by atoms with van der Waals surface area (Å²) in [6, 6.07) is 0.701. The third kappa shape index (κ3) is 4.25. The molecule has 7 heteroatoms. The number of halogens is 3. The summed E-state index contributed by atoms with van der Waals surface area (Å²) in [6.07, 6.45) is 2.55. The summed E-state index contributed by atoms with van der Waals surface area (Å²) in [5.74, 6) is 1.63. The minimum absolute atomic E-state index is 0.197. The second-order valence-corrected chi connectivity index (χ2v) is 7.47. The molecule has 2 aliphatic carbocycles. The van der Waals surface area contributed by atoms with Gasteiger partial charge in [0.05, 0.1) is 6.54 Å². The molecule has 0 spiro atoms. The smallest absolute Gasteiger partial charge is 0.360 e. The van der Waals surface area contributed by atoms with E-state index in [0.29, 0.717) is 37.1 Å². The third-order valence-electron chi connectivity index (χ3n) is 5.38. The summed E-state index contributed by atoms with van der Waals surface area (Å²) >= 11 is 5.39. The monoisotopic (exact) mass is 335 g/mol. The first-order valence-electron chi connectivity index (χ1n) is 8.25. The van der Waals surface area contributed by atoms with Gasteiger partial charge in [-0.25, -0.2) is 0 Å². The van der Waals surface area contributed by atoms with E-state index < -0.39 is 12.7 Å². The van der Waals surface area contributed by atoms with Crippen LogP contribution in [0.15, 0.2) is 0 Å². The van der Waals surface area contributed by atoms with E-state index >= 15 is 0 Å². The summed E-state index contributed by atoms with van der Waals surface area (Å²) in [6.45, 7) is 0.162. The summed E-state index contributed by atoms with van der Waals surface area (Å²) < 4.78 is 37.1. The Labute approximate surface area is 135 Å². The lowest BCUT2D eigenvalue weighted by Gasteiger charge is -2.34. The van der Waals surface area contributed by atoms with Gasteiger partial charge >= 0.3 is 6.18 Å². The SMILES string of the molecule is FC(F)(F)CN1CCC(NC(=S)NC2CC3CCC2C3)CC1. The van der Waals surface area contributed by atoms with E-state index in [-0.39, 0.29) is 6.04 Å². The Kier molecular flexibility index (Phi) is 4.83. The molecule has 3 unspecified atom stereocenters. The Morgan fingerprint density at radius 3 is 2.32 bits per heavy atom. The maximum atomic E-state index is 12.4. The predicted molar refractivity (Wildman–Crippen MR) is 83.6 cm³/mol. The molecular weight excluding hydrogens is 311 g/mol. The van der Waals surface area contributed by atoms with Crippen molar-refractivity contribution in [2.75, 3.05) is 19.6 Å². The van der Waals surface area contributed by atoms with Crippen molar-refractivity contribution in [1.82, 2.24) is 15.5 Å². The van der Waals surface area contributed by atoms with E-state index in [1.165, 1.54) is 30.6 Å². The molecule has 3 rings (SSSR count). The van der Waals surface area contributed by atoms with Crippen LogP contribution in [0, 0.1) is 11.8 Å².